The fourth-order valence-corrected chi connectivity index (χ4v) is 2.07. The van der Waals surface area contributed by atoms with Crippen molar-refractivity contribution in [1.29, 1.82) is 0 Å². The molecule has 0 bridgehead atoms. The Morgan fingerprint density at radius 3 is 2.73 bits per heavy atom. The first kappa shape index (κ1) is 8.79. The fourth-order valence-electron chi connectivity index (χ4n) is 2.07. The monoisotopic (exact) mass is 154 g/mol. The van der Waals surface area contributed by atoms with E-state index in [9.17, 15) is 9.90 Å². The summed E-state index contributed by atoms with van der Waals surface area (Å²) in [7, 11) is 0. The largest absolute Gasteiger partial charge is 0.394 e. The van der Waals surface area contributed by atoms with Gasteiger partial charge in [-0.25, -0.2) is 0 Å². The number of aliphatic hydroxyl groups excluding tert-OH is 1. The van der Waals surface area contributed by atoms with Gasteiger partial charge >= 0.3 is 0 Å². The zero-order valence-electron chi connectivity index (χ0n) is 7.21. The van der Waals surface area contributed by atoms with Crippen molar-refractivity contribution >= 4 is 12.4 Å². The highest BCUT2D eigenvalue weighted by Gasteiger charge is 2.36. The molecule has 1 rings (SSSR count). The number of rotatable bonds is 2. The van der Waals surface area contributed by atoms with E-state index in [0.717, 1.165) is 19.2 Å². The summed E-state index contributed by atoms with van der Waals surface area (Å²) in [5.41, 5.74) is 0.244. The van der Waals surface area contributed by atoms with Gasteiger partial charge < -0.3 is 9.90 Å². The molecule has 62 valence electrons. The van der Waals surface area contributed by atoms with Crippen LogP contribution in [0.3, 0.4) is 0 Å². The van der Waals surface area contributed by atoms with E-state index in [1.54, 1.807) is 13.8 Å². The predicted molar refractivity (Wildman–Crippen MR) is 45.9 cm³/mol. The molecule has 0 aromatic rings. The molecule has 1 aliphatic rings. The maximum Gasteiger partial charge on any atom is 0.228 e. The molecule has 3 heteroatoms. The Labute approximate surface area is 68.1 Å². The Morgan fingerprint density at radius 1 is 1.73 bits per heavy atom. The van der Waals surface area contributed by atoms with E-state index in [1.807, 2.05) is 0 Å². The highest BCUT2D eigenvalue weighted by molar-refractivity contribution is 6.91. The third-order valence-electron chi connectivity index (χ3n) is 2.71. The van der Waals surface area contributed by atoms with Gasteiger partial charge in [0.15, 0.2) is 0 Å². The van der Waals surface area contributed by atoms with Gasteiger partial charge in [-0.05, 0) is 19.7 Å². The molecule has 0 aliphatic carbocycles. The van der Waals surface area contributed by atoms with Crippen molar-refractivity contribution in [2.24, 2.45) is 0 Å². The minimum absolute atomic E-state index is 0.134. The molecule has 0 amide bonds. The van der Waals surface area contributed by atoms with Crippen LogP contribution in [0.15, 0.2) is 0 Å². The van der Waals surface area contributed by atoms with Crippen LogP contribution in [0, 0.1) is 0 Å². The molecule has 1 N–H and O–H groups in total. The quantitative estimate of drug-likeness (QED) is 0.605. The van der Waals surface area contributed by atoms with Gasteiger partial charge in [0.2, 0.25) is 6.71 Å². The van der Waals surface area contributed by atoms with Crippen molar-refractivity contribution in [3.05, 3.63) is 0 Å². The van der Waals surface area contributed by atoms with Crippen LogP contribution in [0.4, 0.5) is 0 Å². The third kappa shape index (κ3) is 1.83. The van der Waals surface area contributed by atoms with E-state index < -0.39 is 0 Å². The summed E-state index contributed by atoms with van der Waals surface area (Å²) in [5.74, 6) is 0.229. The SMILES string of the molecule is CC(=O)B1CCCC1C(C)O. The van der Waals surface area contributed by atoms with Gasteiger partial charge in [0.1, 0.15) is 0 Å². The normalized spacial score (nSPS) is 27.2. The molecule has 2 atom stereocenters. The van der Waals surface area contributed by atoms with Crippen molar-refractivity contribution < 1.29 is 9.90 Å². The van der Waals surface area contributed by atoms with Crippen molar-refractivity contribution in [2.45, 2.75) is 44.9 Å². The molecule has 1 saturated heterocycles. The fraction of sp³-hybridized carbons (Fsp3) is 0.875. The second-order valence-electron chi connectivity index (χ2n) is 3.55. The third-order valence-corrected chi connectivity index (χ3v) is 2.71. The average Bonchev–Trinajstić information content (AvgIpc) is 2.32. The topological polar surface area (TPSA) is 37.3 Å². The number of carbonyl (C=O) groups is 1. The minimum Gasteiger partial charge on any atom is -0.394 e. The van der Waals surface area contributed by atoms with E-state index in [0.29, 0.717) is 0 Å². The van der Waals surface area contributed by atoms with Gasteiger partial charge in [-0.1, -0.05) is 19.2 Å². The summed E-state index contributed by atoms with van der Waals surface area (Å²) in [6.07, 6.45) is 2.78. The Bertz CT molecular complexity index is 156. The van der Waals surface area contributed by atoms with Crippen molar-refractivity contribution in [2.75, 3.05) is 0 Å². The lowest BCUT2D eigenvalue weighted by molar-refractivity contribution is -0.110. The summed E-state index contributed by atoms with van der Waals surface area (Å²) in [6, 6.07) is 0. The number of hydrogen-bond acceptors (Lipinski definition) is 2. The lowest BCUT2D eigenvalue weighted by Gasteiger charge is -2.16. The van der Waals surface area contributed by atoms with E-state index >= 15 is 0 Å². The molecule has 11 heavy (non-hydrogen) atoms. The van der Waals surface area contributed by atoms with E-state index in [-0.39, 0.29) is 24.3 Å². The molecule has 1 fully saturated rings. The van der Waals surface area contributed by atoms with E-state index in [4.69, 9.17) is 0 Å². The first-order chi connectivity index (χ1) is 5.13. The first-order valence-corrected chi connectivity index (χ1v) is 4.31. The number of hydrogen-bond donors (Lipinski definition) is 1. The zero-order valence-corrected chi connectivity index (χ0v) is 7.21. The Balaban J connectivity index is 2.58. The van der Waals surface area contributed by atoms with Crippen molar-refractivity contribution in [3.8, 4) is 0 Å². The van der Waals surface area contributed by atoms with Crippen molar-refractivity contribution in [1.82, 2.24) is 0 Å². The molecule has 0 radical (unpaired) electrons. The van der Waals surface area contributed by atoms with Crippen LogP contribution < -0.4 is 0 Å². The molecule has 2 nitrogen and oxygen atoms in total. The molecule has 1 heterocycles. The first-order valence-electron chi connectivity index (χ1n) is 4.31. The maximum atomic E-state index is 11.0. The molecular formula is C8H15BO2. The van der Waals surface area contributed by atoms with Crippen LogP contribution in [0.5, 0.6) is 0 Å². The van der Waals surface area contributed by atoms with E-state index in [1.165, 1.54) is 0 Å². The van der Waals surface area contributed by atoms with Gasteiger partial charge in [-0.3, -0.25) is 0 Å². The second kappa shape index (κ2) is 3.39. The standard InChI is InChI=1S/C8H15BO2/c1-6(10)8-4-3-5-9(8)7(2)11/h6,8,10H,3-5H2,1-2H3. The summed E-state index contributed by atoms with van der Waals surface area (Å²) in [4.78, 5) is 11.0. The van der Waals surface area contributed by atoms with Crippen LogP contribution in [-0.4, -0.2) is 23.6 Å². The molecule has 0 spiro atoms. The summed E-state index contributed by atoms with van der Waals surface area (Å²) in [6.45, 7) is 3.55. The molecule has 0 saturated carbocycles. The minimum atomic E-state index is -0.314. The summed E-state index contributed by atoms with van der Waals surface area (Å²) >= 11 is 0. The van der Waals surface area contributed by atoms with Crippen molar-refractivity contribution in [3.63, 3.8) is 0 Å². The van der Waals surface area contributed by atoms with Gasteiger partial charge in [0.25, 0.3) is 0 Å². The molecule has 1 aliphatic heterocycles. The highest BCUT2D eigenvalue weighted by atomic mass is 16.3. The maximum absolute atomic E-state index is 11.0. The Kier molecular flexibility index (Phi) is 2.71. The average molecular weight is 154 g/mol. The molecule has 0 aromatic carbocycles. The van der Waals surface area contributed by atoms with Crippen LogP contribution in [0.25, 0.3) is 0 Å². The van der Waals surface area contributed by atoms with Gasteiger partial charge in [0, 0.05) is 6.10 Å². The Morgan fingerprint density at radius 2 is 2.36 bits per heavy atom. The second-order valence-corrected chi connectivity index (χ2v) is 3.55. The van der Waals surface area contributed by atoms with Gasteiger partial charge in [-0.2, -0.15) is 0 Å². The van der Waals surface area contributed by atoms with Crippen LogP contribution in [-0.2, 0) is 4.79 Å². The zero-order chi connectivity index (χ0) is 8.43. The molecular weight excluding hydrogens is 139 g/mol. The Hall–Kier alpha value is -0.305. The van der Waals surface area contributed by atoms with Gasteiger partial charge in [-0.15, -0.1) is 0 Å². The number of aliphatic hydroxyl groups is 1. The highest BCUT2D eigenvalue weighted by Crippen LogP contribution is 2.33. The van der Waals surface area contributed by atoms with E-state index in [2.05, 4.69) is 0 Å². The predicted octanol–water partition coefficient (Wildman–Crippen LogP) is 1.15. The smallest absolute Gasteiger partial charge is 0.228 e. The summed E-state index contributed by atoms with van der Waals surface area (Å²) in [5, 5.41) is 9.32. The van der Waals surface area contributed by atoms with Gasteiger partial charge in [0.05, 0.1) is 5.68 Å². The lowest BCUT2D eigenvalue weighted by atomic mass is 9.39. The molecule has 0 aromatic heterocycles. The molecule has 2 unspecified atom stereocenters. The summed E-state index contributed by atoms with van der Waals surface area (Å²) < 4.78 is 0. The number of carbonyl (C=O) groups excluding carboxylic acids is 1. The van der Waals surface area contributed by atoms with Crippen LogP contribution in [0.2, 0.25) is 12.1 Å². The van der Waals surface area contributed by atoms with Crippen LogP contribution >= 0.6 is 0 Å². The van der Waals surface area contributed by atoms with Crippen LogP contribution in [0.1, 0.15) is 26.7 Å². The lowest BCUT2D eigenvalue weighted by Crippen LogP contribution is -2.30.